The molecule has 1 aliphatic heterocycles. The van der Waals surface area contributed by atoms with Gasteiger partial charge in [0.15, 0.2) is 0 Å². The minimum absolute atomic E-state index is 0. The Hall–Kier alpha value is -2.15. The van der Waals surface area contributed by atoms with Gasteiger partial charge in [-0.3, -0.25) is 9.59 Å². The van der Waals surface area contributed by atoms with Gasteiger partial charge in [0.05, 0.1) is 19.8 Å². The maximum Gasteiger partial charge on any atom is 0.243 e. The van der Waals surface area contributed by atoms with Crippen LogP contribution in [0.2, 0.25) is 0 Å². The molecule has 1 fully saturated rings. The lowest BCUT2D eigenvalue weighted by molar-refractivity contribution is -0.125. The average molecular weight is 364 g/mol. The molecule has 6 nitrogen and oxygen atoms in total. The maximum absolute atomic E-state index is 12.1. The molecule has 2 aromatic rings. The summed E-state index contributed by atoms with van der Waals surface area (Å²) in [5.41, 5.74) is 0.745. The molecule has 2 amide bonds. The Kier molecular flexibility index (Phi) is 7.18. The van der Waals surface area contributed by atoms with Crippen molar-refractivity contribution in [1.29, 1.82) is 0 Å². The van der Waals surface area contributed by atoms with Crippen LogP contribution >= 0.6 is 12.4 Å². The van der Waals surface area contributed by atoms with Crippen molar-refractivity contribution in [2.75, 3.05) is 31.6 Å². The first-order valence-electron chi connectivity index (χ1n) is 8.08. The summed E-state index contributed by atoms with van der Waals surface area (Å²) in [5.74, 6) is -0.404. The van der Waals surface area contributed by atoms with Crippen LogP contribution in [0.15, 0.2) is 42.5 Å². The molecule has 0 aliphatic carbocycles. The van der Waals surface area contributed by atoms with Gasteiger partial charge in [-0.15, -0.1) is 12.4 Å². The highest BCUT2D eigenvalue weighted by Crippen LogP contribution is 2.22. The Morgan fingerprint density at radius 1 is 1.12 bits per heavy atom. The Morgan fingerprint density at radius 2 is 1.92 bits per heavy atom. The zero-order valence-electron chi connectivity index (χ0n) is 13.8. The molecule has 3 N–H and O–H groups in total. The van der Waals surface area contributed by atoms with Crippen molar-refractivity contribution in [3.63, 3.8) is 0 Å². The van der Waals surface area contributed by atoms with E-state index in [0.29, 0.717) is 19.6 Å². The second kappa shape index (κ2) is 9.36. The molecule has 0 bridgehead atoms. The maximum atomic E-state index is 12.1. The fourth-order valence-corrected chi connectivity index (χ4v) is 2.75. The number of rotatable bonds is 5. The smallest absolute Gasteiger partial charge is 0.243 e. The molecule has 2 aromatic carbocycles. The number of hydrogen-bond acceptors (Lipinski definition) is 4. The number of anilines is 1. The highest BCUT2D eigenvalue weighted by molar-refractivity contribution is 6.03. The summed E-state index contributed by atoms with van der Waals surface area (Å²) in [6.07, 6.45) is 0.307. The van der Waals surface area contributed by atoms with Crippen LogP contribution in [-0.2, 0) is 14.3 Å². The summed E-state index contributed by atoms with van der Waals surface area (Å²) in [6.45, 7) is 1.90. The topological polar surface area (TPSA) is 79.5 Å². The van der Waals surface area contributed by atoms with Gasteiger partial charge in [0, 0.05) is 30.1 Å². The van der Waals surface area contributed by atoms with Gasteiger partial charge in [-0.05, 0) is 11.5 Å². The van der Waals surface area contributed by atoms with Crippen LogP contribution in [0.3, 0.4) is 0 Å². The summed E-state index contributed by atoms with van der Waals surface area (Å²) >= 11 is 0. The molecule has 134 valence electrons. The van der Waals surface area contributed by atoms with Crippen LogP contribution in [0.4, 0.5) is 5.69 Å². The number of benzene rings is 2. The number of carbonyl (C=O) groups is 2. The fourth-order valence-electron chi connectivity index (χ4n) is 2.75. The molecule has 0 radical (unpaired) electrons. The third kappa shape index (κ3) is 5.42. The molecule has 3 rings (SSSR count). The number of fused-ring (bicyclic) bond motifs is 1. The monoisotopic (exact) mass is 363 g/mol. The highest BCUT2D eigenvalue weighted by Gasteiger charge is 2.17. The molecule has 0 saturated carbocycles. The number of ether oxygens (including phenoxy) is 1. The van der Waals surface area contributed by atoms with Crippen molar-refractivity contribution in [2.24, 2.45) is 0 Å². The average Bonchev–Trinajstić information content (AvgIpc) is 2.61. The van der Waals surface area contributed by atoms with Gasteiger partial charge in [-0.2, -0.15) is 0 Å². The molecular formula is C18H22ClN3O3. The Morgan fingerprint density at radius 3 is 2.72 bits per heavy atom. The van der Waals surface area contributed by atoms with Crippen molar-refractivity contribution >= 4 is 40.7 Å². The molecule has 0 spiro atoms. The first kappa shape index (κ1) is 19.2. The van der Waals surface area contributed by atoms with E-state index >= 15 is 0 Å². The number of hydrogen-bond donors (Lipinski definition) is 3. The van der Waals surface area contributed by atoms with E-state index in [1.54, 1.807) is 0 Å². The van der Waals surface area contributed by atoms with Crippen LogP contribution in [0, 0.1) is 0 Å². The lowest BCUT2D eigenvalue weighted by Crippen LogP contribution is -2.45. The molecule has 1 heterocycles. The Balaban J connectivity index is 0.00000225. The minimum Gasteiger partial charge on any atom is -0.378 e. The molecule has 0 aromatic heterocycles. The molecule has 1 saturated heterocycles. The third-order valence-corrected chi connectivity index (χ3v) is 3.94. The van der Waals surface area contributed by atoms with Crippen molar-refractivity contribution < 1.29 is 14.3 Å². The first-order valence-corrected chi connectivity index (χ1v) is 8.08. The van der Waals surface area contributed by atoms with E-state index < -0.39 is 0 Å². The van der Waals surface area contributed by atoms with Crippen LogP contribution in [0.5, 0.6) is 0 Å². The molecule has 1 unspecified atom stereocenters. The van der Waals surface area contributed by atoms with E-state index in [0.717, 1.165) is 23.0 Å². The number of carbonyl (C=O) groups excluding carboxylic acids is 2. The highest BCUT2D eigenvalue weighted by atomic mass is 35.5. The van der Waals surface area contributed by atoms with E-state index in [4.69, 9.17) is 4.74 Å². The van der Waals surface area contributed by atoms with E-state index in [9.17, 15) is 9.59 Å². The third-order valence-electron chi connectivity index (χ3n) is 3.94. The first-order chi connectivity index (χ1) is 11.7. The second-order valence-corrected chi connectivity index (χ2v) is 5.78. The van der Waals surface area contributed by atoms with Crippen LogP contribution < -0.4 is 16.0 Å². The fraction of sp³-hybridized carbons (Fsp3) is 0.333. The lowest BCUT2D eigenvalue weighted by atomic mass is 10.1. The summed E-state index contributed by atoms with van der Waals surface area (Å²) < 4.78 is 5.31. The van der Waals surface area contributed by atoms with Gasteiger partial charge < -0.3 is 20.7 Å². The zero-order valence-corrected chi connectivity index (χ0v) is 14.6. The van der Waals surface area contributed by atoms with E-state index in [1.165, 1.54) is 0 Å². The molecular weight excluding hydrogens is 342 g/mol. The summed E-state index contributed by atoms with van der Waals surface area (Å²) in [7, 11) is 0. The van der Waals surface area contributed by atoms with Crippen LogP contribution in [0.25, 0.3) is 10.8 Å². The van der Waals surface area contributed by atoms with E-state index in [2.05, 4.69) is 16.0 Å². The number of halogens is 1. The summed E-state index contributed by atoms with van der Waals surface area (Å²) in [4.78, 5) is 24.0. The molecule has 1 aliphatic rings. The normalized spacial score (nSPS) is 16.7. The Labute approximate surface area is 152 Å². The van der Waals surface area contributed by atoms with Gasteiger partial charge >= 0.3 is 0 Å². The minimum atomic E-state index is -0.243. The quantitative estimate of drug-likeness (QED) is 0.755. The van der Waals surface area contributed by atoms with Gasteiger partial charge in [-0.25, -0.2) is 0 Å². The summed E-state index contributed by atoms with van der Waals surface area (Å²) in [6, 6.07) is 13.6. The predicted octanol–water partition coefficient (Wildman–Crippen LogP) is 1.69. The lowest BCUT2D eigenvalue weighted by Gasteiger charge is -2.23. The molecule has 7 heteroatoms. The van der Waals surface area contributed by atoms with Crippen LogP contribution in [-0.4, -0.2) is 44.2 Å². The van der Waals surface area contributed by atoms with Gasteiger partial charge in [0.25, 0.3) is 0 Å². The zero-order chi connectivity index (χ0) is 16.8. The van der Waals surface area contributed by atoms with Crippen LogP contribution in [0.1, 0.15) is 6.42 Å². The number of nitrogens with one attached hydrogen (secondary N) is 3. The SMILES string of the molecule is Cl.O=C(CC1COCCN1)NCC(=O)Nc1cccc2ccccc12. The van der Waals surface area contributed by atoms with Crippen molar-refractivity contribution in [3.05, 3.63) is 42.5 Å². The van der Waals surface area contributed by atoms with Crippen molar-refractivity contribution in [1.82, 2.24) is 10.6 Å². The molecule has 25 heavy (non-hydrogen) atoms. The molecule has 1 atom stereocenters. The van der Waals surface area contributed by atoms with E-state index in [-0.39, 0.29) is 36.8 Å². The van der Waals surface area contributed by atoms with Gasteiger partial charge in [-0.1, -0.05) is 36.4 Å². The van der Waals surface area contributed by atoms with E-state index in [1.807, 2.05) is 42.5 Å². The Bertz CT molecular complexity index is 727. The standard InChI is InChI=1S/C18H21N3O3.ClH/c22-17(10-14-12-24-9-8-19-14)20-11-18(23)21-16-7-3-5-13-4-1-2-6-15(13)16;/h1-7,14,19H,8-12H2,(H,20,22)(H,21,23);1H. The van der Waals surface area contributed by atoms with Crippen molar-refractivity contribution in [2.45, 2.75) is 12.5 Å². The summed E-state index contributed by atoms with van der Waals surface area (Å²) in [5, 5.41) is 10.7. The number of amides is 2. The second-order valence-electron chi connectivity index (χ2n) is 5.78. The van der Waals surface area contributed by atoms with Crippen molar-refractivity contribution in [3.8, 4) is 0 Å². The largest absolute Gasteiger partial charge is 0.378 e. The van der Waals surface area contributed by atoms with Gasteiger partial charge in [0.1, 0.15) is 0 Å². The van der Waals surface area contributed by atoms with Gasteiger partial charge in [0.2, 0.25) is 11.8 Å². The predicted molar refractivity (Wildman–Crippen MR) is 100 cm³/mol. The number of morpholine rings is 1.